The Morgan fingerprint density at radius 2 is 1.80 bits per heavy atom. The summed E-state index contributed by atoms with van der Waals surface area (Å²) in [4.78, 5) is 25.4. The molecule has 1 saturated carbocycles. The summed E-state index contributed by atoms with van der Waals surface area (Å²) in [5.74, 6) is 0. The number of rotatable bonds is 6. The molecule has 3 heterocycles. The molecule has 15 heteroatoms. The van der Waals surface area contributed by atoms with Crippen LogP contribution in [0.25, 0.3) is 21.6 Å². The number of amides is 1. The van der Waals surface area contributed by atoms with Crippen LogP contribution >= 0.6 is 11.3 Å². The Hall–Kier alpha value is -3.04. The van der Waals surface area contributed by atoms with Crippen LogP contribution in [0.4, 0.5) is 19.3 Å². The Balaban J connectivity index is 1.61. The summed E-state index contributed by atoms with van der Waals surface area (Å²) in [6.07, 6.45) is -0.468. The highest BCUT2D eigenvalue weighted by Gasteiger charge is 2.42. The second-order valence-electron chi connectivity index (χ2n) is 12.0. The molecular formula is C26H33F2N7O4S2. The highest BCUT2D eigenvalue weighted by molar-refractivity contribution is 7.89. The summed E-state index contributed by atoms with van der Waals surface area (Å²) in [5.41, 5.74) is 0.000110. The number of nitrogens with zero attached hydrogens (tertiary/aromatic N) is 6. The number of nitrogens with one attached hydrogen (secondary N) is 1. The minimum atomic E-state index is -3.96. The number of ether oxygens (including phenoxy) is 1. The minimum Gasteiger partial charge on any atom is -0.444 e. The Morgan fingerprint density at radius 3 is 2.37 bits per heavy atom. The molecule has 2 atom stereocenters. The van der Waals surface area contributed by atoms with E-state index in [4.69, 9.17) is 4.74 Å². The fourth-order valence-electron chi connectivity index (χ4n) is 4.98. The van der Waals surface area contributed by atoms with Gasteiger partial charge in [-0.3, -0.25) is 4.90 Å². The summed E-state index contributed by atoms with van der Waals surface area (Å²) in [6.45, 7) is 11.8. The first-order valence-corrected chi connectivity index (χ1v) is 15.6. The first-order valence-electron chi connectivity index (χ1n) is 13.3. The van der Waals surface area contributed by atoms with Crippen LogP contribution in [0.1, 0.15) is 65.8 Å². The summed E-state index contributed by atoms with van der Waals surface area (Å²) in [6, 6.07) is 2.48. The van der Waals surface area contributed by atoms with E-state index in [2.05, 4.69) is 24.9 Å². The van der Waals surface area contributed by atoms with Gasteiger partial charge in [0.05, 0.1) is 28.2 Å². The normalized spacial score (nSPS) is 21.0. The van der Waals surface area contributed by atoms with Crippen LogP contribution in [0.15, 0.2) is 23.4 Å². The lowest BCUT2D eigenvalue weighted by atomic mass is 10.1. The molecule has 1 saturated heterocycles. The first kappa shape index (κ1) is 29.5. The van der Waals surface area contributed by atoms with Gasteiger partial charge in [0.15, 0.2) is 10.0 Å². The number of hydrogen-bond donors (Lipinski definition) is 1. The smallest absolute Gasteiger partial charge is 0.410 e. The Kier molecular flexibility index (Phi) is 7.43. The highest BCUT2D eigenvalue weighted by Crippen LogP contribution is 2.40. The number of sulfonamides is 1. The van der Waals surface area contributed by atoms with Crippen molar-refractivity contribution in [2.24, 2.45) is 0 Å². The van der Waals surface area contributed by atoms with Gasteiger partial charge in [0.25, 0.3) is 6.43 Å². The van der Waals surface area contributed by atoms with Gasteiger partial charge in [-0.05, 0) is 66.5 Å². The second kappa shape index (κ2) is 10.3. The third kappa shape index (κ3) is 6.11. The van der Waals surface area contributed by atoms with Gasteiger partial charge in [-0.1, -0.05) is 11.3 Å². The lowest BCUT2D eigenvalue weighted by Crippen LogP contribution is -2.59. The van der Waals surface area contributed by atoms with E-state index in [9.17, 15) is 22.0 Å². The van der Waals surface area contributed by atoms with Crippen LogP contribution in [0, 0.1) is 0 Å². The molecule has 0 radical (unpaired) electrons. The minimum absolute atomic E-state index is 0.00217. The lowest BCUT2D eigenvalue weighted by Gasteiger charge is -2.45. The molecule has 1 aliphatic heterocycles. The average molecular weight is 610 g/mol. The molecule has 222 valence electrons. The van der Waals surface area contributed by atoms with Gasteiger partial charge < -0.3 is 9.64 Å². The number of benzene rings is 1. The molecule has 11 nitrogen and oxygen atoms in total. The van der Waals surface area contributed by atoms with E-state index in [1.54, 1.807) is 11.0 Å². The molecule has 0 spiro atoms. The zero-order valence-corrected chi connectivity index (χ0v) is 25.3. The highest BCUT2D eigenvalue weighted by atomic mass is 32.2. The van der Waals surface area contributed by atoms with Gasteiger partial charge >= 0.3 is 6.09 Å². The van der Waals surface area contributed by atoms with Crippen molar-refractivity contribution >= 4 is 44.0 Å². The van der Waals surface area contributed by atoms with E-state index in [-0.39, 0.29) is 27.7 Å². The first-order chi connectivity index (χ1) is 19.1. The molecule has 2 aromatic heterocycles. The maximum Gasteiger partial charge on any atom is 0.410 e. The van der Waals surface area contributed by atoms with Crippen molar-refractivity contribution < 1.29 is 26.7 Å². The summed E-state index contributed by atoms with van der Waals surface area (Å²) in [7, 11) is -3.96. The predicted molar refractivity (Wildman–Crippen MR) is 151 cm³/mol. The fourth-order valence-corrected chi connectivity index (χ4v) is 7.20. The quantitative estimate of drug-likeness (QED) is 0.421. The van der Waals surface area contributed by atoms with Crippen LogP contribution in [0.5, 0.6) is 0 Å². The summed E-state index contributed by atoms with van der Waals surface area (Å²) < 4.78 is 62.1. The van der Waals surface area contributed by atoms with Gasteiger partial charge in [0.1, 0.15) is 17.6 Å². The Morgan fingerprint density at radius 1 is 1.15 bits per heavy atom. The Labute approximate surface area is 241 Å². The van der Waals surface area contributed by atoms with Gasteiger partial charge in [-0.2, -0.15) is 0 Å². The molecule has 41 heavy (non-hydrogen) atoms. The molecule has 1 amide bonds. The number of alkyl halides is 2. The van der Waals surface area contributed by atoms with Crippen molar-refractivity contribution in [2.45, 2.75) is 88.9 Å². The fraction of sp³-hybridized carbons (Fsp3) is 0.577. The van der Waals surface area contributed by atoms with Crippen molar-refractivity contribution in [1.29, 1.82) is 0 Å². The number of piperazine rings is 1. The van der Waals surface area contributed by atoms with Crippen molar-refractivity contribution in [3.8, 4) is 10.7 Å². The molecule has 1 N–H and O–H groups in total. The lowest BCUT2D eigenvalue weighted by molar-refractivity contribution is 0.00567. The largest absolute Gasteiger partial charge is 0.444 e. The van der Waals surface area contributed by atoms with Gasteiger partial charge in [-0.25, -0.2) is 36.7 Å². The monoisotopic (exact) mass is 609 g/mol. The number of aromatic nitrogens is 4. The van der Waals surface area contributed by atoms with Crippen LogP contribution in [0.2, 0.25) is 0 Å². The maximum atomic E-state index is 13.5. The van der Waals surface area contributed by atoms with Gasteiger partial charge in [0.2, 0.25) is 10.0 Å². The summed E-state index contributed by atoms with van der Waals surface area (Å²) in [5, 5.41) is 7.50. The van der Waals surface area contributed by atoms with E-state index in [0.29, 0.717) is 41.0 Å². The van der Waals surface area contributed by atoms with Gasteiger partial charge in [0, 0.05) is 24.0 Å². The van der Waals surface area contributed by atoms with Crippen molar-refractivity contribution in [3.63, 3.8) is 0 Å². The van der Waals surface area contributed by atoms with Crippen molar-refractivity contribution in [3.05, 3.63) is 23.5 Å². The summed E-state index contributed by atoms with van der Waals surface area (Å²) >= 11 is 0.693. The molecule has 3 aromatic rings. The molecule has 1 aromatic carbocycles. The third-order valence-corrected chi connectivity index (χ3v) is 9.63. The molecule has 1 aliphatic carbocycles. The van der Waals surface area contributed by atoms with E-state index in [1.807, 2.05) is 46.4 Å². The predicted octanol–water partition coefficient (Wildman–Crippen LogP) is 4.75. The number of halogens is 2. The maximum absolute atomic E-state index is 13.5. The SMILES string of the molecule is C[C@H]1CN(c2cc(S(=O)(=O)NC3(C)CC3)cc3c(-c4nnc(C(F)F)s4)ncnc23)C[C@H](C)N1C(=O)OC(C)(C)C. The van der Waals surface area contributed by atoms with E-state index in [1.165, 1.54) is 12.4 Å². The van der Waals surface area contributed by atoms with Gasteiger partial charge in [-0.15, -0.1) is 10.2 Å². The Bertz CT molecular complexity index is 1580. The standard InChI is InChI=1S/C26H33F2N7O4S2/c1-14-11-34(12-15(2)35(14)24(36)39-25(3,4)5)18-10-16(41(37,38)33-26(6)7-8-26)9-17-19(18)29-13-30-20(17)22-31-32-23(40-22)21(27)28/h9-10,13-15,21,33H,7-8,11-12H2,1-6H3/t14-,15-/m0/s1. The van der Waals surface area contributed by atoms with Crippen LogP contribution in [0.3, 0.4) is 0 Å². The van der Waals surface area contributed by atoms with Crippen molar-refractivity contribution in [2.75, 3.05) is 18.0 Å². The van der Waals surface area contributed by atoms with E-state index in [0.717, 1.165) is 12.8 Å². The average Bonchev–Trinajstić information content (AvgIpc) is 3.36. The van der Waals surface area contributed by atoms with E-state index >= 15 is 0 Å². The number of carbonyl (C=O) groups excluding carboxylic acids is 1. The molecule has 2 fully saturated rings. The number of hydrogen-bond acceptors (Lipinski definition) is 10. The molecular weight excluding hydrogens is 576 g/mol. The zero-order chi connectivity index (χ0) is 29.9. The third-order valence-electron chi connectivity index (χ3n) is 7.08. The molecule has 5 rings (SSSR count). The molecule has 0 unspecified atom stereocenters. The molecule has 2 aliphatic rings. The number of anilines is 1. The second-order valence-corrected chi connectivity index (χ2v) is 14.7. The zero-order valence-electron chi connectivity index (χ0n) is 23.7. The molecule has 0 bridgehead atoms. The topological polar surface area (TPSA) is 131 Å². The number of fused-ring (bicyclic) bond motifs is 1. The number of carbonyl (C=O) groups is 1. The van der Waals surface area contributed by atoms with Crippen molar-refractivity contribution in [1.82, 2.24) is 29.8 Å². The van der Waals surface area contributed by atoms with Crippen LogP contribution in [-0.2, 0) is 14.8 Å². The van der Waals surface area contributed by atoms with E-state index < -0.39 is 38.7 Å². The van der Waals surface area contributed by atoms with Crippen LogP contribution in [-0.4, -0.2) is 75.9 Å². The van der Waals surface area contributed by atoms with Crippen LogP contribution < -0.4 is 9.62 Å².